The number of carbonyl (C=O) groups excluding carboxylic acids is 1. The quantitative estimate of drug-likeness (QED) is 0.425. The molecular formula is C27H28N8O. The lowest BCUT2D eigenvalue weighted by Crippen LogP contribution is -2.13. The van der Waals surface area contributed by atoms with E-state index in [4.69, 9.17) is 10.7 Å². The van der Waals surface area contributed by atoms with Crippen LogP contribution in [0.15, 0.2) is 61.2 Å². The number of nitrogens with zero attached hydrogens (tertiary/aromatic N) is 6. The normalized spacial score (nSPS) is 17.8. The topological polar surface area (TPSA) is 114 Å². The molecule has 1 unspecified atom stereocenters. The Morgan fingerprint density at radius 3 is 2.69 bits per heavy atom. The van der Waals surface area contributed by atoms with Crippen molar-refractivity contribution in [3.63, 3.8) is 0 Å². The van der Waals surface area contributed by atoms with Crippen LogP contribution in [0.5, 0.6) is 0 Å². The summed E-state index contributed by atoms with van der Waals surface area (Å²) in [7, 11) is 0. The van der Waals surface area contributed by atoms with Crippen LogP contribution in [0, 0.1) is 0 Å². The third kappa shape index (κ3) is 4.17. The first-order valence-corrected chi connectivity index (χ1v) is 12.3. The molecule has 4 heterocycles. The molecule has 3 N–H and O–H groups in total. The zero-order valence-electron chi connectivity index (χ0n) is 20.1. The molecule has 3 aromatic heterocycles. The summed E-state index contributed by atoms with van der Waals surface area (Å²) < 4.78 is 1.80. The molecule has 182 valence electrons. The Morgan fingerprint density at radius 1 is 1.08 bits per heavy atom. The van der Waals surface area contributed by atoms with Gasteiger partial charge in [-0.25, -0.2) is 24.3 Å². The Morgan fingerprint density at radius 2 is 1.92 bits per heavy atom. The molecule has 36 heavy (non-hydrogen) atoms. The number of imidazole rings is 1. The number of rotatable bonds is 6. The summed E-state index contributed by atoms with van der Waals surface area (Å²) in [6.45, 7) is 3.89. The van der Waals surface area contributed by atoms with Crippen molar-refractivity contribution in [3.8, 4) is 11.4 Å². The number of aromatic nitrogens is 5. The molecule has 1 amide bonds. The van der Waals surface area contributed by atoms with Gasteiger partial charge in [-0.15, -0.1) is 0 Å². The molecule has 9 nitrogen and oxygen atoms in total. The molecule has 0 spiro atoms. The van der Waals surface area contributed by atoms with Gasteiger partial charge in [0, 0.05) is 36.3 Å². The Hall–Kier alpha value is -4.27. The molecule has 1 atom stereocenters. The number of pyridine rings is 1. The summed E-state index contributed by atoms with van der Waals surface area (Å²) in [5.41, 5.74) is 10.5. The standard InChI is InChI=1S/C27H28N8O/c1-2-12-34-13-10-21(15-34)23-25-30-16-31-27(28)35(25)24(33-23)18-5-7-19(8-6-18)26(36)32-22-14-20(9-11-29-22)17-3-4-17/h2,5-9,11-12,14,16-17,21H,3-4,10,13,15H2,1H3,(H2,28,30,31)(H,29,32,36). The zero-order valence-corrected chi connectivity index (χ0v) is 20.1. The summed E-state index contributed by atoms with van der Waals surface area (Å²) in [6.07, 6.45) is 10.8. The highest BCUT2D eigenvalue weighted by Crippen LogP contribution is 2.40. The Labute approximate surface area is 209 Å². The molecule has 0 bridgehead atoms. The number of allylic oxidation sites excluding steroid dienone is 1. The Bertz CT molecular complexity index is 1450. The highest BCUT2D eigenvalue weighted by atomic mass is 16.1. The lowest BCUT2D eigenvalue weighted by atomic mass is 10.1. The van der Waals surface area contributed by atoms with Crippen molar-refractivity contribution in [3.05, 3.63) is 78.0 Å². The smallest absolute Gasteiger partial charge is 0.256 e. The summed E-state index contributed by atoms with van der Waals surface area (Å²) >= 11 is 0. The van der Waals surface area contributed by atoms with Crippen molar-refractivity contribution in [1.29, 1.82) is 0 Å². The summed E-state index contributed by atoms with van der Waals surface area (Å²) in [5, 5.41) is 2.91. The second-order valence-electron chi connectivity index (χ2n) is 9.45. The van der Waals surface area contributed by atoms with Crippen LogP contribution in [0.3, 0.4) is 0 Å². The molecule has 2 fully saturated rings. The molecule has 2 aliphatic rings. The molecule has 1 aliphatic carbocycles. The third-order valence-corrected chi connectivity index (χ3v) is 6.92. The molecule has 1 saturated heterocycles. The van der Waals surface area contributed by atoms with Gasteiger partial charge >= 0.3 is 0 Å². The predicted molar refractivity (Wildman–Crippen MR) is 139 cm³/mol. The van der Waals surface area contributed by atoms with Gasteiger partial charge < -0.3 is 16.0 Å². The van der Waals surface area contributed by atoms with Crippen LogP contribution in [0.4, 0.5) is 11.8 Å². The minimum Gasteiger partial charge on any atom is -0.377 e. The lowest BCUT2D eigenvalue weighted by Gasteiger charge is -2.11. The largest absolute Gasteiger partial charge is 0.377 e. The van der Waals surface area contributed by atoms with Gasteiger partial charge in [-0.05, 0) is 68.1 Å². The average molecular weight is 481 g/mol. The molecule has 0 radical (unpaired) electrons. The first kappa shape index (κ1) is 22.2. The van der Waals surface area contributed by atoms with Crippen LogP contribution < -0.4 is 11.1 Å². The number of nitrogens with two attached hydrogens (primary N) is 1. The van der Waals surface area contributed by atoms with Gasteiger partial charge in [0.15, 0.2) is 5.65 Å². The second-order valence-corrected chi connectivity index (χ2v) is 9.45. The van der Waals surface area contributed by atoms with Crippen LogP contribution in [0.2, 0.25) is 0 Å². The van der Waals surface area contributed by atoms with Gasteiger partial charge in [0.25, 0.3) is 5.91 Å². The van der Waals surface area contributed by atoms with Crippen LogP contribution in [0.25, 0.3) is 17.0 Å². The SMILES string of the molecule is CC=CN1CCC(c2nc(-c3ccc(C(=O)Nc4cc(C5CC5)ccn4)cc3)n3c(N)ncnc23)C1. The monoisotopic (exact) mass is 480 g/mol. The minimum atomic E-state index is -0.200. The maximum absolute atomic E-state index is 12.9. The van der Waals surface area contributed by atoms with E-state index < -0.39 is 0 Å². The van der Waals surface area contributed by atoms with Crippen molar-refractivity contribution in [1.82, 2.24) is 29.2 Å². The number of benzene rings is 1. The number of hydrogen-bond acceptors (Lipinski definition) is 7. The number of nitrogens with one attached hydrogen (secondary N) is 1. The van der Waals surface area contributed by atoms with Crippen molar-refractivity contribution in [2.45, 2.75) is 38.0 Å². The van der Waals surface area contributed by atoms with E-state index in [1.165, 1.54) is 24.7 Å². The summed E-state index contributed by atoms with van der Waals surface area (Å²) in [4.78, 5) is 33.2. The highest BCUT2D eigenvalue weighted by Gasteiger charge is 2.28. The number of anilines is 2. The molecule has 1 saturated carbocycles. The Balaban J connectivity index is 1.27. The maximum Gasteiger partial charge on any atom is 0.256 e. The van der Waals surface area contributed by atoms with Crippen LogP contribution in [-0.2, 0) is 0 Å². The van der Waals surface area contributed by atoms with E-state index in [-0.39, 0.29) is 11.8 Å². The van der Waals surface area contributed by atoms with Crippen molar-refractivity contribution >= 4 is 23.3 Å². The third-order valence-electron chi connectivity index (χ3n) is 6.92. The van der Waals surface area contributed by atoms with E-state index >= 15 is 0 Å². The van der Waals surface area contributed by atoms with Crippen molar-refractivity contribution in [2.75, 3.05) is 24.1 Å². The Kier molecular flexibility index (Phi) is 5.59. The van der Waals surface area contributed by atoms with Crippen molar-refractivity contribution in [2.24, 2.45) is 0 Å². The fourth-order valence-corrected chi connectivity index (χ4v) is 4.94. The first-order chi connectivity index (χ1) is 17.6. The van der Waals surface area contributed by atoms with Crippen LogP contribution in [0.1, 0.15) is 59.6 Å². The number of fused-ring (bicyclic) bond motifs is 1. The van der Waals surface area contributed by atoms with Gasteiger partial charge in [0.1, 0.15) is 18.0 Å². The number of amides is 1. The maximum atomic E-state index is 12.9. The fraction of sp³-hybridized carbons (Fsp3) is 0.296. The summed E-state index contributed by atoms with van der Waals surface area (Å²) in [5.74, 6) is 2.24. The second kappa shape index (κ2) is 9.07. The first-order valence-electron chi connectivity index (χ1n) is 12.3. The summed E-state index contributed by atoms with van der Waals surface area (Å²) in [6, 6.07) is 11.3. The average Bonchev–Trinajstić information content (AvgIpc) is 3.52. The lowest BCUT2D eigenvalue weighted by molar-refractivity contribution is 0.102. The molecule has 6 rings (SSSR count). The van der Waals surface area contributed by atoms with Gasteiger partial charge in [0.2, 0.25) is 5.95 Å². The predicted octanol–water partition coefficient (Wildman–Crippen LogP) is 4.22. The van der Waals surface area contributed by atoms with E-state index in [1.807, 2.05) is 31.2 Å². The molecular weight excluding hydrogens is 452 g/mol. The molecule has 4 aromatic rings. The van der Waals surface area contributed by atoms with E-state index in [1.54, 1.807) is 22.7 Å². The van der Waals surface area contributed by atoms with E-state index in [0.29, 0.717) is 29.1 Å². The van der Waals surface area contributed by atoms with Gasteiger partial charge in [-0.1, -0.05) is 18.2 Å². The number of likely N-dealkylation sites (tertiary alicyclic amines) is 1. The number of hydrogen-bond donors (Lipinski definition) is 2. The molecule has 9 heteroatoms. The van der Waals surface area contributed by atoms with Crippen LogP contribution >= 0.6 is 0 Å². The molecule has 1 aliphatic heterocycles. The zero-order chi connectivity index (χ0) is 24.6. The van der Waals surface area contributed by atoms with E-state index in [9.17, 15) is 4.79 Å². The van der Waals surface area contributed by atoms with E-state index in [0.717, 1.165) is 36.4 Å². The fourth-order valence-electron chi connectivity index (χ4n) is 4.94. The van der Waals surface area contributed by atoms with Crippen LogP contribution in [-0.4, -0.2) is 48.2 Å². The van der Waals surface area contributed by atoms with Gasteiger partial charge in [-0.3, -0.25) is 4.79 Å². The van der Waals surface area contributed by atoms with E-state index in [2.05, 4.69) is 37.4 Å². The van der Waals surface area contributed by atoms with Crippen molar-refractivity contribution < 1.29 is 4.79 Å². The van der Waals surface area contributed by atoms with Gasteiger partial charge in [-0.2, -0.15) is 0 Å². The number of nitrogen functional groups attached to an aromatic ring is 1. The minimum absolute atomic E-state index is 0.200. The van der Waals surface area contributed by atoms with Gasteiger partial charge in [0.05, 0.1) is 5.69 Å². The highest BCUT2D eigenvalue weighted by molar-refractivity contribution is 6.04. The number of carbonyl (C=O) groups is 1. The molecule has 1 aromatic carbocycles.